The molecule has 1 saturated carbocycles. The van der Waals surface area contributed by atoms with Crippen molar-refractivity contribution >= 4 is 39.8 Å². The fourth-order valence-electron chi connectivity index (χ4n) is 2.41. The van der Waals surface area contributed by atoms with E-state index in [0.717, 1.165) is 24.3 Å². The number of carbonyl (C=O) groups excluding carboxylic acids is 1. The van der Waals surface area contributed by atoms with Gasteiger partial charge in [0.15, 0.2) is 0 Å². The molecule has 0 spiro atoms. The van der Waals surface area contributed by atoms with Crippen LogP contribution in [0.25, 0.3) is 0 Å². The van der Waals surface area contributed by atoms with Crippen LogP contribution >= 0.6 is 33.9 Å². The summed E-state index contributed by atoms with van der Waals surface area (Å²) in [5, 5.41) is 5.10. The van der Waals surface area contributed by atoms with Gasteiger partial charge in [-0.25, -0.2) is 0 Å². The molecule has 1 aromatic rings. The predicted molar refractivity (Wildman–Crippen MR) is 80.5 cm³/mol. The first-order valence-corrected chi connectivity index (χ1v) is 8.19. The molecule has 0 aromatic carbocycles. The number of halogens is 1. The van der Waals surface area contributed by atoms with Gasteiger partial charge in [-0.15, -0.1) is 11.3 Å². The second kappa shape index (κ2) is 6.18. The lowest BCUT2D eigenvalue weighted by atomic mass is 9.84. The van der Waals surface area contributed by atoms with Crippen LogP contribution in [0.5, 0.6) is 0 Å². The van der Waals surface area contributed by atoms with E-state index in [4.69, 9.17) is 0 Å². The molecule has 0 aliphatic heterocycles. The Labute approximate surface area is 120 Å². The van der Waals surface area contributed by atoms with E-state index in [1.807, 2.05) is 11.4 Å². The summed E-state index contributed by atoms with van der Waals surface area (Å²) >= 11 is 3.88. The average molecular weight is 363 g/mol. The molecule has 17 heavy (non-hydrogen) atoms. The third kappa shape index (κ3) is 3.68. The van der Waals surface area contributed by atoms with E-state index in [0.29, 0.717) is 6.04 Å². The molecular formula is C13H18INOS. The molecule has 2 nitrogen and oxygen atoms in total. The maximum atomic E-state index is 12.0. The zero-order chi connectivity index (χ0) is 12.3. The van der Waals surface area contributed by atoms with Crippen molar-refractivity contribution < 1.29 is 4.79 Å². The second-order valence-electron chi connectivity index (χ2n) is 4.74. The van der Waals surface area contributed by atoms with Gasteiger partial charge in [0.1, 0.15) is 0 Å². The third-order valence-corrected chi connectivity index (χ3v) is 5.38. The van der Waals surface area contributed by atoms with Gasteiger partial charge in [-0.3, -0.25) is 4.79 Å². The summed E-state index contributed by atoms with van der Waals surface area (Å²) in [6.07, 6.45) is 6.10. The van der Waals surface area contributed by atoms with Crippen molar-refractivity contribution in [3.05, 3.63) is 19.9 Å². The molecule has 4 heteroatoms. The van der Waals surface area contributed by atoms with Crippen molar-refractivity contribution in [2.75, 3.05) is 0 Å². The Morgan fingerprint density at radius 1 is 1.47 bits per heavy atom. The van der Waals surface area contributed by atoms with Crippen LogP contribution in [-0.2, 0) is 0 Å². The summed E-state index contributed by atoms with van der Waals surface area (Å²) in [5.74, 6) is 0.981. The number of hydrogen-bond donors (Lipinski definition) is 1. The molecule has 0 atom stereocenters. The van der Waals surface area contributed by atoms with Crippen LogP contribution in [0, 0.1) is 8.80 Å². The van der Waals surface area contributed by atoms with Crippen molar-refractivity contribution in [1.29, 1.82) is 0 Å². The molecule has 94 valence electrons. The minimum atomic E-state index is 0.101. The van der Waals surface area contributed by atoms with Gasteiger partial charge in [0.2, 0.25) is 0 Å². The van der Waals surface area contributed by atoms with Crippen LogP contribution in [0.1, 0.15) is 49.4 Å². The van der Waals surface area contributed by atoms with Crippen LogP contribution < -0.4 is 5.32 Å². The zero-order valence-electron chi connectivity index (χ0n) is 10.0. The molecule has 1 amide bonds. The highest BCUT2D eigenvalue weighted by molar-refractivity contribution is 14.1. The first kappa shape index (κ1) is 13.3. The van der Waals surface area contributed by atoms with Gasteiger partial charge in [-0.05, 0) is 60.3 Å². The lowest BCUT2D eigenvalue weighted by Crippen LogP contribution is -2.37. The lowest BCUT2D eigenvalue weighted by molar-refractivity contribution is 0.0922. The summed E-state index contributed by atoms with van der Waals surface area (Å²) in [6, 6.07) is 2.35. The average Bonchev–Trinajstić information content (AvgIpc) is 2.77. The largest absolute Gasteiger partial charge is 0.349 e. The molecule has 1 aromatic heterocycles. The van der Waals surface area contributed by atoms with Gasteiger partial charge in [-0.1, -0.05) is 13.3 Å². The van der Waals surface area contributed by atoms with Gasteiger partial charge in [-0.2, -0.15) is 0 Å². The molecular weight excluding hydrogens is 345 g/mol. The van der Waals surface area contributed by atoms with Crippen molar-refractivity contribution in [2.24, 2.45) is 5.92 Å². The Morgan fingerprint density at radius 2 is 2.18 bits per heavy atom. The number of amides is 1. The van der Waals surface area contributed by atoms with Crippen LogP contribution in [-0.4, -0.2) is 11.9 Å². The van der Waals surface area contributed by atoms with E-state index in [9.17, 15) is 4.79 Å². The number of rotatable bonds is 3. The quantitative estimate of drug-likeness (QED) is 0.807. The monoisotopic (exact) mass is 363 g/mol. The molecule has 0 radical (unpaired) electrons. The SMILES string of the molecule is CCC1CCC(NC(=O)c2csc(I)c2)CC1. The fraction of sp³-hybridized carbons (Fsp3) is 0.615. The Morgan fingerprint density at radius 3 is 2.71 bits per heavy atom. The Kier molecular flexibility index (Phi) is 4.85. The summed E-state index contributed by atoms with van der Waals surface area (Å²) in [4.78, 5) is 12.0. The highest BCUT2D eigenvalue weighted by Crippen LogP contribution is 2.26. The molecule has 1 aliphatic carbocycles. The van der Waals surface area contributed by atoms with Crippen molar-refractivity contribution in [3.8, 4) is 0 Å². The molecule has 1 N–H and O–H groups in total. The van der Waals surface area contributed by atoms with Crippen LogP contribution in [0.2, 0.25) is 0 Å². The standard InChI is InChI=1S/C13H18INOS/c1-2-9-3-5-11(6-4-9)15-13(16)10-7-12(14)17-8-10/h7-9,11H,2-6H2,1H3,(H,15,16). The lowest BCUT2D eigenvalue weighted by Gasteiger charge is -2.28. The minimum Gasteiger partial charge on any atom is -0.349 e. The highest BCUT2D eigenvalue weighted by Gasteiger charge is 2.21. The van der Waals surface area contributed by atoms with E-state index in [1.165, 1.54) is 22.1 Å². The van der Waals surface area contributed by atoms with Crippen LogP contribution in [0.3, 0.4) is 0 Å². The van der Waals surface area contributed by atoms with E-state index in [1.54, 1.807) is 11.3 Å². The topological polar surface area (TPSA) is 29.1 Å². The molecule has 0 unspecified atom stereocenters. The number of hydrogen-bond acceptors (Lipinski definition) is 2. The van der Waals surface area contributed by atoms with Gasteiger partial charge in [0.25, 0.3) is 5.91 Å². The normalized spacial score (nSPS) is 24.6. The van der Waals surface area contributed by atoms with Gasteiger partial charge in [0.05, 0.1) is 8.45 Å². The van der Waals surface area contributed by atoms with Gasteiger partial charge >= 0.3 is 0 Å². The number of thiophene rings is 1. The smallest absolute Gasteiger partial charge is 0.252 e. The summed E-state index contributed by atoms with van der Waals surface area (Å²) in [6.45, 7) is 2.26. The van der Waals surface area contributed by atoms with Crippen molar-refractivity contribution in [1.82, 2.24) is 5.32 Å². The Balaban J connectivity index is 1.84. The molecule has 1 aliphatic rings. The van der Waals surface area contributed by atoms with Gasteiger partial charge in [0, 0.05) is 11.4 Å². The first-order valence-electron chi connectivity index (χ1n) is 6.24. The Hall–Kier alpha value is -0.100. The molecule has 1 heterocycles. The third-order valence-electron chi connectivity index (χ3n) is 3.59. The molecule has 2 rings (SSSR count). The van der Waals surface area contributed by atoms with Crippen molar-refractivity contribution in [3.63, 3.8) is 0 Å². The fourth-order valence-corrected chi connectivity index (χ4v) is 3.74. The molecule has 0 bridgehead atoms. The first-order chi connectivity index (χ1) is 8.19. The maximum absolute atomic E-state index is 12.0. The summed E-state index contributed by atoms with van der Waals surface area (Å²) < 4.78 is 1.17. The zero-order valence-corrected chi connectivity index (χ0v) is 13.0. The Bertz CT molecular complexity index is 383. The van der Waals surface area contributed by atoms with E-state index < -0.39 is 0 Å². The highest BCUT2D eigenvalue weighted by atomic mass is 127. The van der Waals surface area contributed by atoms with E-state index in [2.05, 4.69) is 34.8 Å². The summed E-state index contributed by atoms with van der Waals surface area (Å²) in [7, 11) is 0. The number of nitrogens with one attached hydrogen (secondary N) is 1. The van der Waals surface area contributed by atoms with Crippen LogP contribution in [0.15, 0.2) is 11.4 Å². The summed E-state index contributed by atoms with van der Waals surface area (Å²) in [5.41, 5.74) is 0.817. The minimum absolute atomic E-state index is 0.101. The van der Waals surface area contributed by atoms with E-state index in [-0.39, 0.29) is 5.91 Å². The van der Waals surface area contributed by atoms with E-state index >= 15 is 0 Å². The molecule has 1 fully saturated rings. The predicted octanol–water partition coefficient (Wildman–Crippen LogP) is 4.05. The van der Waals surface area contributed by atoms with Crippen LogP contribution in [0.4, 0.5) is 0 Å². The maximum Gasteiger partial charge on any atom is 0.252 e. The molecule has 0 saturated heterocycles. The number of carbonyl (C=O) groups is 1. The second-order valence-corrected chi connectivity index (χ2v) is 7.54. The van der Waals surface area contributed by atoms with Crippen molar-refractivity contribution in [2.45, 2.75) is 45.1 Å². The van der Waals surface area contributed by atoms with Gasteiger partial charge < -0.3 is 5.32 Å².